The Kier molecular flexibility index (Phi) is 3.11. The quantitative estimate of drug-likeness (QED) is 0.668. The van der Waals surface area contributed by atoms with Gasteiger partial charge in [-0.3, -0.25) is 9.82 Å². The van der Waals surface area contributed by atoms with E-state index in [2.05, 4.69) is 19.9 Å². The Bertz CT molecular complexity index is 929. The van der Waals surface area contributed by atoms with Crippen LogP contribution in [0.5, 0.6) is 0 Å². The summed E-state index contributed by atoms with van der Waals surface area (Å²) in [5.74, 6) is -1.39. The summed E-state index contributed by atoms with van der Waals surface area (Å²) in [5.41, 5.74) is 1.66. The summed E-state index contributed by atoms with van der Waals surface area (Å²) in [4.78, 5) is 14.5. The van der Waals surface area contributed by atoms with Crippen LogP contribution < -0.4 is 4.72 Å². The van der Waals surface area contributed by atoms with Gasteiger partial charge in [0.1, 0.15) is 0 Å². The molecule has 0 unspecified atom stereocenters. The number of hydrogen-bond donors (Lipinski definition) is 3. The molecule has 0 aliphatic heterocycles. The Morgan fingerprint density at radius 1 is 1.38 bits per heavy atom. The van der Waals surface area contributed by atoms with E-state index in [1.807, 2.05) is 0 Å². The molecule has 108 valence electrons. The predicted molar refractivity (Wildman–Crippen MR) is 76.0 cm³/mol. The molecule has 0 aliphatic rings. The van der Waals surface area contributed by atoms with Crippen molar-refractivity contribution in [1.82, 2.24) is 15.2 Å². The van der Waals surface area contributed by atoms with E-state index in [4.69, 9.17) is 5.11 Å². The van der Waals surface area contributed by atoms with E-state index < -0.39 is 21.7 Å². The van der Waals surface area contributed by atoms with E-state index in [0.717, 1.165) is 11.3 Å². The molecule has 0 amide bonds. The van der Waals surface area contributed by atoms with Gasteiger partial charge in [-0.15, -0.1) is 11.3 Å². The van der Waals surface area contributed by atoms with Crippen molar-refractivity contribution in [2.75, 3.05) is 4.72 Å². The second-order valence-electron chi connectivity index (χ2n) is 4.04. The molecule has 2 aromatic heterocycles. The number of carboxylic acid groups (broad SMARTS) is 1. The molecule has 0 saturated heterocycles. The standard InChI is InChI=1S/C11H8N4O4S2/c16-10(17)9-11(20-5-12-9)21(18,19)15-8-3-1-2-7-6(8)4-13-14-7/h1-5,15H,(H,13,14)(H,16,17). The number of benzene rings is 1. The molecule has 0 bridgehead atoms. The zero-order valence-electron chi connectivity index (χ0n) is 10.3. The first-order valence-corrected chi connectivity index (χ1v) is 7.97. The van der Waals surface area contributed by atoms with Crippen molar-refractivity contribution in [2.45, 2.75) is 4.21 Å². The van der Waals surface area contributed by atoms with Crippen LogP contribution in [0.1, 0.15) is 10.5 Å². The van der Waals surface area contributed by atoms with Gasteiger partial charge >= 0.3 is 5.97 Å². The number of carboxylic acids is 1. The molecule has 2 heterocycles. The minimum absolute atomic E-state index is 0.311. The number of aromatic amines is 1. The molecule has 0 radical (unpaired) electrons. The number of nitrogens with zero attached hydrogens (tertiary/aromatic N) is 2. The number of rotatable bonds is 4. The molecule has 3 rings (SSSR count). The zero-order chi connectivity index (χ0) is 15.0. The highest BCUT2D eigenvalue weighted by atomic mass is 32.2. The third-order valence-corrected chi connectivity index (χ3v) is 5.45. The van der Waals surface area contributed by atoms with Crippen LogP contribution in [0.3, 0.4) is 0 Å². The zero-order valence-corrected chi connectivity index (χ0v) is 11.9. The van der Waals surface area contributed by atoms with Crippen molar-refractivity contribution < 1.29 is 18.3 Å². The fraction of sp³-hybridized carbons (Fsp3) is 0. The van der Waals surface area contributed by atoms with Crippen LogP contribution in [0.25, 0.3) is 10.9 Å². The number of nitrogens with one attached hydrogen (secondary N) is 2. The lowest BCUT2D eigenvalue weighted by Crippen LogP contribution is -2.15. The van der Waals surface area contributed by atoms with E-state index in [0.29, 0.717) is 16.6 Å². The highest BCUT2D eigenvalue weighted by Gasteiger charge is 2.26. The smallest absolute Gasteiger partial charge is 0.356 e. The van der Waals surface area contributed by atoms with Crippen molar-refractivity contribution in [3.8, 4) is 0 Å². The van der Waals surface area contributed by atoms with Crippen LogP contribution in [-0.2, 0) is 10.0 Å². The Balaban J connectivity index is 2.06. The minimum Gasteiger partial charge on any atom is -0.476 e. The number of anilines is 1. The van der Waals surface area contributed by atoms with Gasteiger partial charge in [0.15, 0.2) is 9.90 Å². The molecular weight excluding hydrogens is 316 g/mol. The van der Waals surface area contributed by atoms with Crippen LogP contribution in [0.4, 0.5) is 5.69 Å². The number of H-pyrrole nitrogens is 1. The first-order valence-electron chi connectivity index (χ1n) is 5.61. The van der Waals surface area contributed by atoms with Gasteiger partial charge in [0.2, 0.25) is 0 Å². The number of aromatic carboxylic acids is 1. The van der Waals surface area contributed by atoms with Crippen molar-refractivity contribution in [2.24, 2.45) is 0 Å². The molecule has 10 heteroatoms. The summed E-state index contributed by atoms with van der Waals surface area (Å²) in [5, 5.41) is 16.1. The van der Waals surface area contributed by atoms with Gasteiger partial charge in [-0.1, -0.05) is 6.07 Å². The van der Waals surface area contributed by atoms with E-state index in [1.165, 1.54) is 11.7 Å². The van der Waals surface area contributed by atoms with E-state index in [-0.39, 0.29) is 4.21 Å². The molecule has 3 N–H and O–H groups in total. The molecular formula is C11H8N4O4S2. The van der Waals surface area contributed by atoms with Gasteiger partial charge < -0.3 is 5.11 Å². The predicted octanol–water partition coefficient (Wildman–Crippen LogP) is 1.52. The topological polar surface area (TPSA) is 125 Å². The first-order chi connectivity index (χ1) is 9.99. The molecule has 0 aliphatic carbocycles. The van der Waals surface area contributed by atoms with Gasteiger partial charge in [0.05, 0.1) is 22.9 Å². The number of hydrogen-bond acceptors (Lipinski definition) is 6. The van der Waals surface area contributed by atoms with Gasteiger partial charge in [-0.2, -0.15) is 5.10 Å². The summed E-state index contributed by atoms with van der Waals surface area (Å²) in [6.07, 6.45) is 1.48. The summed E-state index contributed by atoms with van der Waals surface area (Å²) < 4.78 is 26.7. The number of sulfonamides is 1. The van der Waals surface area contributed by atoms with Crippen LogP contribution in [0, 0.1) is 0 Å². The van der Waals surface area contributed by atoms with Crippen LogP contribution in [0.2, 0.25) is 0 Å². The third-order valence-electron chi connectivity index (χ3n) is 2.71. The molecule has 8 nitrogen and oxygen atoms in total. The highest BCUT2D eigenvalue weighted by molar-refractivity contribution is 7.94. The lowest BCUT2D eigenvalue weighted by atomic mass is 10.2. The Labute approximate surface area is 122 Å². The number of fused-ring (bicyclic) bond motifs is 1. The fourth-order valence-electron chi connectivity index (χ4n) is 1.82. The second kappa shape index (κ2) is 4.82. The minimum atomic E-state index is -4.03. The maximum absolute atomic E-state index is 12.3. The van der Waals surface area contributed by atoms with Crippen molar-refractivity contribution >= 4 is 43.9 Å². The average Bonchev–Trinajstić information content (AvgIpc) is 3.08. The molecule has 0 fully saturated rings. The maximum Gasteiger partial charge on any atom is 0.356 e. The van der Waals surface area contributed by atoms with E-state index in [9.17, 15) is 13.2 Å². The average molecular weight is 324 g/mol. The number of thiazole rings is 1. The first kappa shape index (κ1) is 13.5. The maximum atomic E-state index is 12.3. The van der Waals surface area contributed by atoms with Crippen molar-refractivity contribution in [3.05, 3.63) is 35.6 Å². The largest absolute Gasteiger partial charge is 0.476 e. The van der Waals surface area contributed by atoms with Crippen LogP contribution >= 0.6 is 11.3 Å². The normalized spacial score (nSPS) is 11.6. The molecule has 21 heavy (non-hydrogen) atoms. The van der Waals surface area contributed by atoms with Gasteiger partial charge in [0, 0.05) is 5.39 Å². The molecule has 0 spiro atoms. The SMILES string of the molecule is O=C(O)c1ncsc1S(=O)(=O)Nc1cccc2[nH]ncc12. The molecule has 1 aromatic carbocycles. The van der Waals surface area contributed by atoms with Gasteiger partial charge in [0.25, 0.3) is 10.0 Å². The van der Waals surface area contributed by atoms with E-state index in [1.54, 1.807) is 18.2 Å². The van der Waals surface area contributed by atoms with E-state index >= 15 is 0 Å². The molecule has 3 aromatic rings. The van der Waals surface area contributed by atoms with Crippen LogP contribution in [-0.4, -0.2) is 34.7 Å². The molecule has 0 saturated carbocycles. The number of aromatic nitrogens is 3. The summed E-state index contributed by atoms with van der Waals surface area (Å²) in [7, 11) is -4.03. The van der Waals surface area contributed by atoms with Crippen LogP contribution in [0.15, 0.2) is 34.1 Å². The summed E-state index contributed by atoms with van der Waals surface area (Å²) >= 11 is 0.746. The van der Waals surface area contributed by atoms with Gasteiger partial charge in [-0.05, 0) is 12.1 Å². The Morgan fingerprint density at radius 3 is 2.95 bits per heavy atom. The Morgan fingerprint density at radius 2 is 2.19 bits per heavy atom. The molecule has 0 atom stereocenters. The fourth-order valence-corrected chi connectivity index (χ4v) is 4.04. The monoisotopic (exact) mass is 324 g/mol. The highest BCUT2D eigenvalue weighted by Crippen LogP contribution is 2.27. The van der Waals surface area contributed by atoms with Gasteiger partial charge in [-0.25, -0.2) is 18.2 Å². The Hall–Kier alpha value is -2.46. The summed E-state index contributed by atoms with van der Waals surface area (Å²) in [6.45, 7) is 0. The second-order valence-corrected chi connectivity index (χ2v) is 6.77. The third kappa shape index (κ3) is 2.34. The summed E-state index contributed by atoms with van der Waals surface area (Å²) in [6, 6.07) is 4.97. The lowest BCUT2D eigenvalue weighted by molar-refractivity contribution is 0.0687. The number of carbonyl (C=O) groups is 1. The lowest BCUT2D eigenvalue weighted by Gasteiger charge is -2.07. The van der Waals surface area contributed by atoms with Crippen molar-refractivity contribution in [1.29, 1.82) is 0 Å². The van der Waals surface area contributed by atoms with Crippen molar-refractivity contribution in [3.63, 3.8) is 0 Å².